The van der Waals surface area contributed by atoms with Crippen LogP contribution >= 0.6 is 0 Å². The van der Waals surface area contributed by atoms with Crippen LogP contribution in [0, 0.1) is 12.3 Å². The van der Waals surface area contributed by atoms with E-state index in [1.165, 1.54) is 18.2 Å². The first-order valence-corrected chi connectivity index (χ1v) is 5.12. The summed E-state index contributed by atoms with van der Waals surface area (Å²) in [6, 6.07) is 3.75. The molecule has 0 aliphatic carbocycles. The molecule has 72 valence electrons. The predicted molar refractivity (Wildman–Crippen MR) is 51.1 cm³/mol. The number of nitrogens with two attached hydrogens (primary N) is 1. The lowest BCUT2D eigenvalue weighted by molar-refractivity contribution is 0.112. The zero-order chi connectivity index (χ0) is 10.8. The Morgan fingerprint density at radius 3 is 2.50 bits per heavy atom. The largest absolute Gasteiger partial charge is 0.298 e. The lowest BCUT2D eigenvalue weighted by atomic mass is 10.1. The molecule has 0 spiro atoms. The van der Waals surface area contributed by atoms with Gasteiger partial charge >= 0.3 is 0 Å². The molecule has 0 aliphatic rings. The molecule has 0 saturated carbocycles. The van der Waals surface area contributed by atoms with E-state index in [1.54, 1.807) is 0 Å². The highest BCUT2D eigenvalue weighted by atomic mass is 32.2. The third kappa shape index (κ3) is 1.99. The molecule has 0 radical (unpaired) electrons. The highest BCUT2D eigenvalue weighted by Gasteiger charge is 2.09. The molecular weight excluding hydrogens is 202 g/mol. The highest BCUT2D eigenvalue weighted by molar-refractivity contribution is 7.89. The molecule has 0 atom stereocenters. The zero-order valence-electron chi connectivity index (χ0n) is 7.10. The maximum atomic E-state index is 10.9. The summed E-state index contributed by atoms with van der Waals surface area (Å²) in [7, 11) is -3.77. The Morgan fingerprint density at radius 1 is 1.43 bits per heavy atom. The fraction of sp³-hybridized carbons (Fsp3) is 0. The number of terminal acetylenes is 1. The summed E-state index contributed by atoms with van der Waals surface area (Å²) in [4.78, 5) is 10.4. The van der Waals surface area contributed by atoms with Crippen LogP contribution in [0.2, 0.25) is 0 Å². The molecule has 4 nitrogen and oxygen atoms in total. The summed E-state index contributed by atoms with van der Waals surface area (Å²) >= 11 is 0. The third-order valence-electron chi connectivity index (χ3n) is 1.64. The summed E-state index contributed by atoms with van der Waals surface area (Å²) in [6.45, 7) is 0. The molecule has 1 aromatic carbocycles. The molecule has 1 aromatic rings. The topological polar surface area (TPSA) is 77.2 Å². The fourth-order valence-corrected chi connectivity index (χ4v) is 1.48. The molecular formula is C9H7NO3S. The number of benzene rings is 1. The molecule has 2 N–H and O–H groups in total. The van der Waals surface area contributed by atoms with Crippen LogP contribution in [0.4, 0.5) is 0 Å². The van der Waals surface area contributed by atoms with Crippen LogP contribution in [0.1, 0.15) is 15.9 Å². The first-order valence-electron chi connectivity index (χ1n) is 3.57. The number of carbonyl (C=O) groups is 1. The van der Waals surface area contributed by atoms with Crippen LogP contribution in [0.3, 0.4) is 0 Å². The molecule has 0 heterocycles. The lowest BCUT2D eigenvalue weighted by Crippen LogP contribution is -2.12. The van der Waals surface area contributed by atoms with E-state index in [-0.39, 0.29) is 16.0 Å². The normalized spacial score (nSPS) is 10.6. The minimum absolute atomic E-state index is 0.101. The monoisotopic (exact) mass is 209 g/mol. The van der Waals surface area contributed by atoms with Crippen molar-refractivity contribution in [3.63, 3.8) is 0 Å². The van der Waals surface area contributed by atoms with E-state index in [2.05, 4.69) is 5.92 Å². The first-order chi connectivity index (χ1) is 6.49. The van der Waals surface area contributed by atoms with Gasteiger partial charge in [-0.1, -0.05) is 5.92 Å². The minimum atomic E-state index is -3.77. The molecule has 0 aromatic heterocycles. The standard InChI is InChI=1S/C9H7NO3S/c1-2-7-5-9(14(10,12)13)4-3-8(7)6-11/h1,3-6H,(H2,10,12,13). The second-order valence-corrected chi connectivity index (χ2v) is 4.12. The van der Waals surface area contributed by atoms with Crippen LogP contribution in [0.5, 0.6) is 0 Å². The van der Waals surface area contributed by atoms with Crippen molar-refractivity contribution in [2.45, 2.75) is 4.90 Å². The quantitative estimate of drug-likeness (QED) is 0.555. The second-order valence-electron chi connectivity index (χ2n) is 2.56. The second kappa shape index (κ2) is 3.62. The van der Waals surface area contributed by atoms with Crippen molar-refractivity contribution in [2.24, 2.45) is 5.14 Å². The van der Waals surface area contributed by atoms with E-state index in [4.69, 9.17) is 11.6 Å². The Bertz CT molecular complexity index is 511. The van der Waals surface area contributed by atoms with Crippen LogP contribution < -0.4 is 5.14 Å². The SMILES string of the molecule is C#Cc1cc(S(N)(=O)=O)ccc1C=O. The van der Waals surface area contributed by atoms with Gasteiger partial charge in [0, 0.05) is 11.1 Å². The van der Waals surface area contributed by atoms with Gasteiger partial charge in [0.25, 0.3) is 0 Å². The molecule has 5 heteroatoms. The molecule has 0 bridgehead atoms. The molecule has 0 amide bonds. The highest BCUT2D eigenvalue weighted by Crippen LogP contribution is 2.12. The van der Waals surface area contributed by atoms with Gasteiger partial charge in [-0.3, -0.25) is 4.79 Å². The number of aldehydes is 1. The summed E-state index contributed by atoms with van der Waals surface area (Å²) in [6.07, 6.45) is 5.65. The van der Waals surface area contributed by atoms with E-state index < -0.39 is 10.0 Å². The summed E-state index contributed by atoms with van der Waals surface area (Å²) < 4.78 is 21.8. The van der Waals surface area contributed by atoms with E-state index in [0.29, 0.717) is 6.29 Å². The van der Waals surface area contributed by atoms with Gasteiger partial charge in [0.05, 0.1) is 4.90 Å². The van der Waals surface area contributed by atoms with E-state index in [9.17, 15) is 13.2 Å². The Morgan fingerprint density at radius 2 is 2.07 bits per heavy atom. The van der Waals surface area contributed by atoms with Crippen LogP contribution in [0.25, 0.3) is 0 Å². The van der Waals surface area contributed by atoms with Crippen molar-refractivity contribution >= 4 is 16.3 Å². The van der Waals surface area contributed by atoms with Gasteiger partial charge in [0.2, 0.25) is 10.0 Å². The average molecular weight is 209 g/mol. The van der Waals surface area contributed by atoms with Gasteiger partial charge in [-0.05, 0) is 18.2 Å². The van der Waals surface area contributed by atoms with Gasteiger partial charge in [0.15, 0.2) is 6.29 Å². The van der Waals surface area contributed by atoms with Gasteiger partial charge in [0.1, 0.15) is 0 Å². The van der Waals surface area contributed by atoms with Crippen molar-refractivity contribution in [2.75, 3.05) is 0 Å². The summed E-state index contributed by atoms with van der Waals surface area (Å²) in [5.41, 5.74) is 0.478. The van der Waals surface area contributed by atoms with Crippen molar-refractivity contribution in [3.05, 3.63) is 29.3 Å². The number of sulfonamides is 1. The van der Waals surface area contributed by atoms with Crippen molar-refractivity contribution in [1.29, 1.82) is 0 Å². The van der Waals surface area contributed by atoms with E-state index in [0.717, 1.165) is 0 Å². The number of carbonyl (C=O) groups excluding carboxylic acids is 1. The first kappa shape index (κ1) is 10.4. The van der Waals surface area contributed by atoms with Gasteiger partial charge in [-0.2, -0.15) is 0 Å². The fourth-order valence-electron chi connectivity index (χ4n) is 0.940. The molecule has 0 unspecified atom stereocenters. The smallest absolute Gasteiger partial charge is 0.238 e. The van der Waals surface area contributed by atoms with Crippen LogP contribution in [-0.4, -0.2) is 14.7 Å². The van der Waals surface area contributed by atoms with Gasteiger partial charge < -0.3 is 0 Å². The van der Waals surface area contributed by atoms with Crippen LogP contribution in [0.15, 0.2) is 23.1 Å². The number of hydrogen-bond acceptors (Lipinski definition) is 3. The Balaban J connectivity index is 3.45. The lowest BCUT2D eigenvalue weighted by Gasteiger charge is -2.00. The summed E-state index contributed by atoms with van der Waals surface area (Å²) in [5.74, 6) is 2.21. The maximum Gasteiger partial charge on any atom is 0.238 e. The Kier molecular flexibility index (Phi) is 2.70. The predicted octanol–water partition coefficient (Wildman–Crippen LogP) is 0.128. The van der Waals surface area contributed by atoms with Gasteiger partial charge in [-0.15, -0.1) is 6.42 Å². The maximum absolute atomic E-state index is 10.9. The molecule has 0 aliphatic heterocycles. The average Bonchev–Trinajstić information content (AvgIpc) is 2.15. The van der Waals surface area contributed by atoms with E-state index in [1.807, 2.05) is 0 Å². The van der Waals surface area contributed by atoms with Crippen molar-refractivity contribution in [1.82, 2.24) is 0 Å². The zero-order valence-corrected chi connectivity index (χ0v) is 7.91. The Labute approximate surface area is 81.8 Å². The minimum Gasteiger partial charge on any atom is -0.298 e. The van der Waals surface area contributed by atoms with Gasteiger partial charge in [-0.25, -0.2) is 13.6 Å². The summed E-state index contributed by atoms with van der Waals surface area (Å²) in [5, 5.41) is 4.89. The van der Waals surface area contributed by atoms with Crippen LogP contribution in [-0.2, 0) is 10.0 Å². The number of rotatable bonds is 2. The molecule has 0 fully saturated rings. The Hall–Kier alpha value is -1.64. The third-order valence-corrected chi connectivity index (χ3v) is 2.55. The molecule has 14 heavy (non-hydrogen) atoms. The van der Waals surface area contributed by atoms with Crippen molar-refractivity contribution in [3.8, 4) is 12.3 Å². The van der Waals surface area contributed by atoms with E-state index >= 15 is 0 Å². The van der Waals surface area contributed by atoms with Crippen molar-refractivity contribution < 1.29 is 13.2 Å². The molecule has 0 saturated heterocycles. The number of hydrogen-bond donors (Lipinski definition) is 1. The number of primary sulfonamides is 1. The molecule has 1 rings (SSSR count).